The Hall–Kier alpha value is -2.21. The molecule has 0 atom stereocenters. The number of aromatic nitrogens is 2. The van der Waals surface area contributed by atoms with Crippen molar-refractivity contribution in [3.63, 3.8) is 0 Å². The molecule has 0 N–H and O–H groups in total. The molecule has 0 bridgehead atoms. The second-order valence-corrected chi connectivity index (χ2v) is 6.86. The molecule has 0 unspecified atom stereocenters. The zero-order valence-corrected chi connectivity index (χ0v) is 13.4. The standard InChI is InChI=1S/C17H14F2N2OS/c1-10(2)23-17-20-14-6-4-3-5-12(14)16(22)21(17)15-8-7-11(18)9-13(15)19/h3-10H,1-2H3. The Balaban J connectivity index is 2.36. The zero-order chi connectivity index (χ0) is 16.6. The van der Waals surface area contributed by atoms with Gasteiger partial charge in [-0.05, 0) is 24.3 Å². The molecular formula is C17H14F2N2OS. The highest BCUT2D eigenvalue weighted by Crippen LogP contribution is 2.25. The maximum absolute atomic E-state index is 14.2. The van der Waals surface area contributed by atoms with Gasteiger partial charge in [-0.15, -0.1) is 0 Å². The third kappa shape index (κ3) is 2.99. The molecule has 0 fully saturated rings. The van der Waals surface area contributed by atoms with Crippen molar-refractivity contribution in [1.29, 1.82) is 0 Å². The van der Waals surface area contributed by atoms with Crippen molar-refractivity contribution in [2.45, 2.75) is 24.3 Å². The summed E-state index contributed by atoms with van der Waals surface area (Å²) in [5.74, 6) is -1.49. The van der Waals surface area contributed by atoms with E-state index in [2.05, 4.69) is 4.98 Å². The number of fused-ring (bicyclic) bond motifs is 1. The number of para-hydroxylation sites is 1. The van der Waals surface area contributed by atoms with E-state index in [9.17, 15) is 13.6 Å². The lowest BCUT2D eigenvalue weighted by molar-refractivity contribution is 0.572. The van der Waals surface area contributed by atoms with Gasteiger partial charge in [-0.3, -0.25) is 9.36 Å². The third-order valence-electron chi connectivity index (χ3n) is 3.24. The van der Waals surface area contributed by atoms with E-state index >= 15 is 0 Å². The van der Waals surface area contributed by atoms with E-state index in [-0.39, 0.29) is 16.5 Å². The first-order chi connectivity index (χ1) is 11.0. The molecule has 23 heavy (non-hydrogen) atoms. The van der Waals surface area contributed by atoms with Crippen LogP contribution in [-0.4, -0.2) is 14.8 Å². The predicted octanol–water partition coefficient (Wildman–Crippen LogP) is 4.16. The van der Waals surface area contributed by atoms with Crippen LogP contribution in [0.3, 0.4) is 0 Å². The van der Waals surface area contributed by atoms with Crippen LogP contribution in [0, 0.1) is 11.6 Å². The van der Waals surface area contributed by atoms with Crippen molar-refractivity contribution >= 4 is 22.7 Å². The van der Waals surface area contributed by atoms with Gasteiger partial charge in [0, 0.05) is 11.3 Å². The van der Waals surface area contributed by atoms with Crippen molar-refractivity contribution in [3.05, 3.63) is 64.5 Å². The maximum Gasteiger partial charge on any atom is 0.266 e. The largest absolute Gasteiger partial charge is 0.268 e. The zero-order valence-electron chi connectivity index (χ0n) is 12.6. The number of nitrogens with zero attached hydrogens (tertiary/aromatic N) is 2. The first-order valence-electron chi connectivity index (χ1n) is 7.11. The normalized spacial score (nSPS) is 11.3. The second kappa shape index (κ2) is 6.12. The minimum Gasteiger partial charge on any atom is -0.268 e. The van der Waals surface area contributed by atoms with Gasteiger partial charge in [0.25, 0.3) is 5.56 Å². The molecule has 0 spiro atoms. The highest BCUT2D eigenvalue weighted by atomic mass is 32.2. The van der Waals surface area contributed by atoms with Crippen molar-refractivity contribution in [3.8, 4) is 5.69 Å². The van der Waals surface area contributed by atoms with Gasteiger partial charge >= 0.3 is 0 Å². The van der Waals surface area contributed by atoms with Crippen molar-refractivity contribution in [2.24, 2.45) is 0 Å². The molecule has 0 aliphatic carbocycles. The van der Waals surface area contributed by atoms with Gasteiger partial charge in [-0.1, -0.05) is 37.7 Å². The highest BCUT2D eigenvalue weighted by molar-refractivity contribution is 7.99. The quantitative estimate of drug-likeness (QED) is 0.533. The minimum atomic E-state index is -0.796. The summed E-state index contributed by atoms with van der Waals surface area (Å²) in [5, 5.41) is 0.927. The van der Waals surface area contributed by atoms with Crippen LogP contribution < -0.4 is 5.56 Å². The van der Waals surface area contributed by atoms with Crippen LogP contribution in [-0.2, 0) is 0 Å². The van der Waals surface area contributed by atoms with Crippen molar-refractivity contribution < 1.29 is 8.78 Å². The lowest BCUT2D eigenvalue weighted by Gasteiger charge is -2.15. The van der Waals surface area contributed by atoms with Crippen LogP contribution in [0.1, 0.15) is 13.8 Å². The molecule has 3 aromatic rings. The summed E-state index contributed by atoms with van der Waals surface area (Å²) < 4.78 is 28.6. The first-order valence-corrected chi connectivity index (χ1v) is 7.99. The monoisotopic (exact) mass is 332 g/mol. The molecule has 118 valence electrons. The van der Waals surface area contributed by atoms with Crippen LogP contribution in [0.25, 0.3) is 16.6 Å². The van der Waals surface area contributed by atoms with Gasteiger partial charge < -0.3 is 0 Å². The molecule has 0 radical (unpaired) electrons. The Bertz CT molecular complexity index is 938. The lowest BCUT2D eigenvalue weighted by atomic mass is 10.2. The van der Waals surface area contributed by atoms with E-state index in [1.165, 1.54) is 22.4 Å². The van der Waals surface area contributed by atoms with Gasteiger partial charge in [-0.2, -0.15) is 0 Å². The molecule has 0 amide bonds. The SMILES string of the molecule is CC(C)Sc1nc2ccccc2c(=O)n1-c1ccc(F)cc1F. The van der Waals surface area contributed by atoms with E-state index < -0.39 is 11.6 Å². The number of hydrogen-bond donors (Lipinski definition) is 0. The molecule has 1 heterocycles. The smallest absolute Gasteiger partial charge is 0.266 e. The number of rotatable bonds is 3. The topological polar surface area (TPSA) is 34.9 Å². The Morgan fingerprint density at radius 2 is 1.87 bits per heavy atom. The fourth-order valence-electron chi connectivity index (χ4n) is 2.28. The van der Waals surface area contributed by atoms with Crippen LogP contribution in [0.4, 0.5) is 8.78 Å². The average molecular weight is 332 g/mol. The molecule has 0 aliphatic heterocycles. The van der Waals surface area contributed by atoms with Crippen LogP contribution in [0.2, 0.25) is 0 Å². The highest BCUT2D eigenvalue weighted by Gasteiger charge is 2.17. The molecule has 3 nitrogen and oxygen atoms in total. The molecule has 0 aliphatic rings. The van der Waals surface area contributed by atoms with E-state index in [4.69, 9.17) is 0 Å². The number of hydrogen-bond acceptors (Lipinski definition) is 3. The summed E-state index contributed by atoms with van der Waals surface area (Å²) in [5.41, 5.74) is 0.182. The fourth-order valence-corrected chi connectivity index (χ4v) is 3.14. The van der Waals surface area contributed by atoms with Crippen molar-refractivity contribution in [1.82, 2.24) is 9.55 Å². The Morgan fingerprint density at radius 1 is 1.13 bits per heavy atom. The summed E-state index contributed by atoms with van der Waals surface area (Å²) in [6.07, 6.45) is 0. The lowest BCUT2D eigenvalue weighted by Crippen LogP contribution is -2.23. The molecule has 0 saturated carbocycles. The van der Waals surface area contributed by atoms with E-state index in [0.29, 0.717) is 16.1 Å². The molecule has 2 aromatic carbocycles. The van der Waals surface area contributed by atoms with Gasteiger partial charge in [0.1, 0.15) is 11.6 Å². The summed E-state index contributed by atoms with van der Waals surface area (Å²) in [4.78, 5) is 17.3. The van der Waals surface area contributed by atoms with E-state index in [1.54, 1.807) is 24.3 Å². The average Bonchev–Trinajstić information content (AvgIpc) is 2.48. The molecule has 1 aromatic heterocycles. The molecule has 3 rings (SSSR count). The van der Waals surface area contributed by atoms with E-state index in [0.717, 1.165) is 12.1 Å². The summed E-state index contributed by atoms with van der Waals surface area (Å²) >= 11 is 1.35. The Kier molecular flexibility index (Phi) is 4.17. The summed E-state index contributed by atoms with van der Waals surface area (Å²) in [6.45, 7) is 3.91. The van der Waals surface area contributed by atoms with E-state index in [1.807, 2.05) is 13.8 Å². The number of thioether (sulfide) groups is 1. The third-order valence-corrected chi connectivity index (χ3v) is 4.19. The van der Waals surface area contributed by atoms with Crippen LogP contribution in [0.5, 0.6) is 0 Å². The van der Waals surface area contributed by atoms with Gasteiger partial charge in [0.2, 0.25) is 0 Å². The minimum absolute atomic E-state index is 0.00203. The van der Waals surface area contributed by atoms with Gasteiger partial charge in [0.05, 0.1) is 16.6 Å². The predicted molar refractivity (Wildman–Crippen MR) is 88.2 cm³/mol. The van der Waals surface area contributed by atoms with Crippen LogP contribution >= 0.6 is 11.8 Å². The Morgan fingerprint density at radius 3 is 2.57 bits per heavy atom. The summed E-state index contributed by atoms with van der Waals surface area (Å²) in [7, 11) is 0. The first kappa shape index (κ1) is 15.7. The summed E-state index contributed by atoms with van der Waals surface area (Å²) in [6, 6.07) is 10.1. The maximum atomic E-state index is 14.2. The van der Waals surface area contributed by atoms with Gasteiger partial charge in [-0.25, -0.2) is 13.8 Å². The van der Waals surface area contributed by atoms with Crippen molar-refractivity contribution in [2.75, 3.05) is 0 Å². The number of benzene rings is 2. The molecule has 0 saturated heterocycles. The van der Waals surface area contributed by atoms with Gasteiger partial charge in [0.15, 0.2) is 5.16 Å². The Labute approximate surface area is 136 Å². The fraction of sp³-hybridized carbons (Fsp3) is 0.176. The molecule has 6 heteroatoms. The number of halogens is 2. The molecular weight excluding hydrogens is 318 g/mol. The second-order valence-electron chi connectivity index (χ2n) is 5.31. The van der Waals surface area contributed by atoms with Crippen LogP contribution in [0.15, 0.2) is 52.4 Å².